The number of rotatable bonds is 13. The highest BCUT2D eigenvalue weighted by Gasteiger charge is 2.62. The summed E-state index contributed by atoms with van der Waals surface area (Å²) in [6, 6.07) is -0.297. The van der Waals surface area contributed by atoms with Gasteiger partial charge in [-0.25, -0.2) is 5.43 Å². The van der Waals surface area contributed by atoms with E-state index in [1.54, 1.807) is 6.08 Å². The van der Waals surface area contributed by atoms with Crippen LogP contribution in [-0.4, -0.2) is 72.7 Å². The van der Waals surface area contributed by atoms with Crippen molar-refractivity contribution in [3.63, 3.8) is 0 Å². The number of carbonyl (C=O) groups excluding carboxylic acids is 2. The highest BCUT2D eigenvalue weighted by Crippen LogP contribution is 2.52. The molecule has 11 nitrogen and oxygen atoms in total. The molecule has 0 spiro atoms. The van der Waals surface area contributed by atoms with Crippen molar-refractivity contribution < 1.29 is 29.4 Å². The first kappa shape index (κ1) is 31.2. The fourth-order valence-corrected chi connectivity index (χ4v) is 8.76. The zero-order valence-corrected chi connectivity index (χ0v) is 27.0. The van der Waals surface area contributed by atoms with Gasteiger partial charge in [0.25, 0.3) is 5.91 Å². The van der Waals surface area contributed by atoms with Gasteiger partial charge in [0.2, 0.25) is 5.91 Å². The van der Waals surface area contributed by atoms with Crippen molar-refractivity contribution in [1.82, 2.24) is 26.1 Å². The monoisotopic (exact) mass is 636 g/mol. The molecule has 5 aliphatic heterocycles. The minimum Gasteiger partial charge on any atom is -0.481 e. The largest absolute Gasteiger partial charge is 0.481 e. The average Bonchev–Trinajstić information content (AvgIpc) is 3.84. The number of nitrogens with zero attached hydrogens (tertiary/aromatic N) is 1. The minimum absolute atomic E-state index is 0.0164. The number of thiol groups is 1. The minimum atomic E-state index is -0.883. The predicted octanol–water partition coefficient (Wildman–Crippen LogP) is 1.97. The molecular formula is C33H42N5O6S+. The Morgan fingerprint density at radius 2 is 1.78 bits per heavy atom. The van der Waals surface area contributed by atoms with Crippen molar-refractivity contribution in [3.8, 4) is 0 Å². The Hall–Kier alpha value is -3.77. The SMILES string of the molecule is C=CC1=C(C)[C@@H](Cc2[nH]c(C[C@@]34NN3/C(=C/C3NC(=O)[C@H](C)[C@H]3[C@H]3C[SH+]3)C(C)=C4CCC(=O)O)c(CCC(=O)O)c2C)NC1=O. The third kappa shape index (κ3) is 5.52. The van der Waals surface area contributed by atoms with E-state index < -0.39 is 17.6 Å². The lowest BCUT2D eigenvalue weighted by atomic mass is 9.88. The highest BCUT2D eigenvalue weighted by atomic mass is 32.2. The van der Waals surface area contributed by atoms with Gasteiger partial charge < -0.3 is 25.8 Å². The van der Waals surface area contributed by atoms with Gasteiger partial charge in [-0.1, -0.05) is 19.6 Å². The molecule has 6 N–H and O–H groups in total. The number of carboxylic acid groups (broad SMARTS) is 2. The van der Waals surface area contributed by atoms with Crippen LogP contribution in [0.15, 0.2) is 46.7 Å². The van der Waals surface area contributed by atoms with Crippen LogP contribution in [0, 0.1) is 18.8 Å². The lowest BCUT2D eigenvalue weighted by molar-refractivity contribution is -0.138. The van der Waals surface area contributed by atoms with Gasteiger partial charge in [0.15, 0.2) is 16.7 Å². The van der Waals surface area contributed by atoms with E-state index in [1.807, 2.05) is 27.7 Å². The van der Waals surface area contributed by atoms with Crippen LogP contribution in [0.1, 0.15) is 62.5 Å². The zero-order valence-electron chi connectivity index (χ0n) is 26.1. The van der Waals surface area contributed by atoms with E-state index in [-0.39, 0.29) is 48.6 Å². The maximum absolute atomic E-state index is 12.7. The summed E-state index contributed by atoms with van der Waals surface area (Å²) in [4.78, 5) is 52.0. The van der Waals surface area contributed by atoms with Crippen molar-refractivity contribution in [1.29, 1.82) is 0 Å². The molecule has 1 unspecified atom stereocenters. The van der Waals surface area contributed by atoms with Crippen LogP contribution < -0.4 is 16.1 Å². The molecule has 1 aromatic rings. The number of hydrogen-bond acceptors (Lipinski definition) is 6. The lowest BCUT2D eigenvalue weighted by Crippen LogP contribution is -2.30. The van der Waals surface area contributed by atoms with E-state index in [1.165, 1.54) is 11.8 Å². The molecule has 45 heavy (non-hydrogen) atoms. The van der Waals surface area contributed by atoms with Crippen molar-refractivity contribution in [2.75, 3.05) is 5.75 Å². The van der Waals surface area contributed by atoms with E-state index in [4.69, 9.17) is 0 Å². The number of carboxylic acids is 2. The molecule has 0 aliphatic carbocycles. The smallest absolute Gasteiger partial charge is 0.303 e. The number of H-pyrrole nitrogens is 1. The summed E-state index contributed by atoms with van der Waals surface area (Å²) in [6.07, 6.45) is 5.39. The average molecular weight is 637 g/mol. The van der Waals surface area contributed by atoms with Gasteiger partial charge >= 0.3 is 11.9 Å². The van der Waals surface area contributed by atoms with Crippen molar-refractivity contribution >= 4 is 35.5 Å². The molecule has 2 amide bonds. The molecular weight excluding hydrogens is 594 g/mol. The summed E-state index contributed by atoms with van der Waals surface area (Å²) in [7, 11) is 0. The fraction of sp³-hybridized carbons (Fsp3) is 0.515. The molecule has 3 fully saturated rings. The van der Waals surface area contributed by atoms with Gasteiger partial charge in [-0.3, -0.25) is 24.2 Å². The highest BCUT2D eigenvalue weighted by molar-refractivity contribution is 7.86. The Bertz CT molecular complexity index is 1600. The third-order valence-electron chi connectivity index (χ3n) is 10.4. The second-order valence-corrected chi connectivity index (χ2v) is 14.4. The van der Waals surface area contributed by atoms with Gasteiger partial charge in [0, 0.05) is 54.5 Å². The van der Waals surface area contributed by atoms with Crippen LogP contribution in [0.5, 0.6) is 0 Å². The topological polar surface area (TPSA) is 174 Å². The van der Waals surface area contributed by atoms with Crippen molar-refractivity contribution in [2.24, 2.45) is 11.8 Å². The molecule has 240 valence electrons. The number of hydrazine groups is 1. The summed E-state index contributed by atoms with van der Waals surface area (Å²) < 4.78 is 0. The van der Waals surface area contributed by atoms with Crippen molar-refractivity contribution in [3.05, 3.63) is 69.2 Å². The summed E-state index contributed by atoms with van der Waals surface area (Å²) in [5.41, 5.74) is 11.1. The van der Waals surface area contributed by atoms with Gasteiger partial charge in [0.1, 0.15) is 0 Å². The Kier molecular flexibility index (Phi) is 8.01. The number of aromatic nitrogens is 1. The number of aliphatic carboxylic acids is 2. The molecule has 1 aromatic heterocycles. The zero-order chi connectivity index (χ0) is 32.4. The Balaban J connectivity index is 1.33. The number of hydrogen-bond donors (Lipinski definition) is 6. The summed E-state index contributed by atoms with van der Waals surface area (Å²) in [6.45, 7) is 11.7. The predicted molar refractivity (Wildman–Crippen MR) is 171 cm³/mol. The molecule has 0 bridgehead atoms. The fourth-order valence-electron chi connectivity index (χ4n) is 7.70. The van der Waals surface area contributed by atoms with E-state index >= 15 is 0 Å². The molecule has 5 aliphatic rings. The van der Waals surface area contributed by atoms with Gasteiger partial charge in [-0.2, -0.15) is 0 Å². The van der Waals surface area contributed by atoms with Crippen molar-refractivity contribution in [2.45, 2.75) is 89.2 Å². The number of allylic oxidation sites excluding steroid dienone is 1. The van der Waals surface area contributed by atoms with Gasteiger partial charge in [-0.05, 0) is 79.3 Å². The molecule has 12 heteroatoms. The summed E-state index contributed by atoms with van der Waals surface area (Å²) in [5, 5.41) is 27.9. The second-order valence-electron chi connectivity index (χ2n) is 13.0. The van der Waals surface area contributed by atoms with Gasteiger partial charge in [-0.15, -0.1) is 0 Å². The van der Waals surface area contributed by atoms with Gasteiger partial charge in [0.05, 0.1) is 17.8 Å². The number of nitrogens with one attached hydrogen (secondary N) is 4. The van der Waals surface area contributed by atoms with E-state index in [0.717, 1.165) is 50.7 Å². The Labute approximate surface area is 266 Å². The molecule has 6 atom stereocenters. The van der Waals surface area contributed by atoms with Crippen LogP contribution in [0.4, 0.5) is 0 Å². The normalized spacial score (nSPS) is 31.1. The standard InChI is InChI=1S/C33H41N5O6S/c1-6-19-15(2)23(35-32(19)44)11-22-16(3)20(7-9-28(39)40)25(34-22)13-33-21(8-10-29(41)42)17(4)26(38(33)37-33)12-24-30(27-14-45-27)18(5)31(43)36-24/h6,12,18,23-24,27,30,34,37H,1,7-11,13-14H2,2-5H3,(H,35,44)(H,36,43)(H,39,40)(H,41,42)/p+1/b26-12+/t18-,23-,24?,27-,30-,33-,38?/m1/s1. The molecule has 0 aromatic carbocycles. The quantitative estimate of drug-likeness (QED) is 0.108. The molecule has 0 saturated carbocycles. The molecule has 3 saturated heterocycles. The van der Waals surface area contributed by atoms with Crippen LogP contribution in [0.2, 0.25) is 0 Å². The van der Waals surface area contributed by atoms with Crippen LogP contribution in [-0.2, 0) is 50.2 Å². The number of aromatic amines is 1. The Morgan fingerprint density at radius 1 is 1.09 bits per heavy atom. The van der Waals surface area contributed by atoms with Crippen LogP contribution in [0.3, 0.4) is 0 Å². The lowest BCUT2D eigenvalue weighted by Gasteiger charge is -2.16. The molecule has 0 radical (unpaired) electrons. The molecule has 6 heterocycles. The van der Waals surface area contributed by atoms with E-state index in [9.17, 15) is 29.4 Å². The summed E-state index contributed by atoms with van der Waals surface area (Å²) in [5.74, 6) is -0.559. The maximum atomic E-state index is 12.7. The second kappa shape index (κ2) is 11.5. The van der Waals surface area contributed by atoms with Crippen LogP contribution in [0.25, 0.3) is 0 Å². The number of amides is 2. The maximum Gasteiger partial charge on any atom is 0.303 e. The first-order valence-corrected chi connectivity index (χ1v) is 16.8. The first-order chi connectivity index (χ1) is 21.4. The summed E-state index contributed by atoms with van der Waals surface area (Å²) >= 11 is 1.38. The number of fused-ring (bicyclic) bond motifs is 1. The Morgan fingerprint density at radius 3 is 2.40 bits per heavy atom. The third-order valence-corrected chi connectivity index (χ3v) is 11.5. The number of carbonyl (C=O) groups is 4. The van der Waals surface area contributed by atoms with E-state index in [0.29, 0.717) is 36.5 Å². The molecule has 6 rings (SSSR count). The van der Waals surface area contributed by atoms with Crippen LogP contribution >= 0.6 is 0 Å². The van der Waals surface area contributed by atoms with E-state index in [2.05, 4.69) is 38.7 Å². The first-order valence-electron chi connectivity index (χ1n) is 15.6.